The molecule has 0 saturated carbocycles. The second-order valence-corrected chi connectivity index (χ2v) is 6.56. The second kappa shape index (κ2) is 9.32. The lowest BCUT2D eigenvalue weighted by Crippen LogP contribution is -2.53. The number of furan rings is 1. The van der Waals surface area contributed by atoms with Gasteiger partial charge in [-0.1, -0.05) is 24.3 Å². The Morgan fingerprint density at radius 2 is 2.07 bits per heavy atom. The van der Waals surface area contributed by atoms with Crippen molar-refractivity contribution < 1.29 is 28.3 Å². The maximum atomic E-state index is 12.8. The summed E-state index contributed by atoms with van der Waals surface area (Å²) in [5, 5.41) is 2.39. The molecule has 0 atom stereocenters. The minimum atomic E-state index is -0.820. The molecule has 30 heavy (non-hydrogen) atoms. The number of halogens is 1. The predicted octanol–water partition coefficient (Wildman–Crippen LogP) is 3.56. The van der Waals surface area contributed by atoms with Crippen LogP contribution in [-0.4, -0.2) is 36.0 Å². The molecule has 1 aromatic heterocycles. The number of carbonyl (C=O) groups excluding carboxylic acids is 3. The number of rotatable bonds is 8. The van der Waals surface area contributed by atoms with Crippen molar-refractivity contribution in [2.45, 2.75) is 13.5 Å². The molecule has 0 aliphatic carbocycles. The number of hydrogen-bond donors (Lipinski definition) is 1. The van der Waals surface area contributed by atoms with E-state index in [2.05, 4.69) is 11.9 Å². The molecule has 0 radical (unpaired) electrons. The number of barbiturate groups is 1. The molecule has 0 bridgehead atoms. The molecule has 2 aromatic rings. The highest BCUT2D eigenvalue weighted by Gasteiger charge is 2.36. The van der Waals surface area contributed by atoms with Crippen LogP contribution in [0.2, 0.25) is 5.02 Å². The topological polar surface area (TPSA) is 98.1 Å². The van der Waals surface area contributed by atoms with Crippen LogP contribution < -0.4 is 14.8 Å². The van der Waals surface area contributed by atoms with Crippen molar-refractivity contribution in [2.24, 2.45) is 0 Å². The van der Waals surface area contributed by atoms with Crippen molar-refractivity contribution in [3.05, 3.63) is 65.1 Å². The largest absolute Gasteiger partial charge is 0.490 e. The van der Waals surface area contributed by atoms with Gasteiger partial charge in [-0.05, 0) is 42.8 Å². The Hall–Kier alpha value is -3.52. The smallest absolute Gasteiger partial charge is 0.331 e. The maximum absolute atomic E-state index is 12.8. The maximum Gasteiger partial charge on any atom is 0.331 e. The molecule has 8 nitrogen and oxygen atoms in total. The van der Waals surface area contributed by atoms with Crippen molar-refractivity contribution in [3.63, 3.8) is 0 Å². The number of nitrogens with one attached hydrogen (secondary N) is 1. The summed E-state index contributed by atoms with van der Waals surface area (Å²) in [7, 11) is 0. The summed E-state index contributed by atoms with van der Waals surface area (Å²) >= 11 is 6.31. The summed E-state index contributed by atoms with van der Waals surface area (Å²) in [6.07, 6.45) is 4.33. The van der Waals surface area contributed by atoms with Crippen molar-refractivity contribution in [1.82, 2.24) is 10.2 Å². The van der Waals surface area contributed by atoms with Gasteiger partial charge in [0.15, 0.2) is 11.5 Å². The van der Waals surface area contributed by atoms with E-state index >= 15 is 0 Å². The van der Waals surface area contributed by atoms with Gasteiger partial charge in [0.1, 0.15) is 17.9 Å². The van der Waals surface area contributed by atoms with Gasteiger partial charge in [-0.25, -0.2) is 4.79 Å². The highest BCUT2D eigenvalue weighted by Crippen LogP contribution is 2.37. The lowest BCUT2D eigenvalue weighted by Gasteiger charge is -2.25. The molecular weight excluding hydrogens is 412 g/mol. The van der Waals surface area contributed by atoms with Gasteiger partial charge < -0.3 is 13.9 Å². The van der Waals surface area contributed by atoms with Crippen LogP contribution in [-0.2, 0) is 16.1 Å². The molecule has 1 aliphatic heterocycles. The number of amides is 4. The number of imide groups is 2. The van der Waals surface area contributed by atoms with E-state index in [1.165, 1.54) is 18.4 Å². The van der Waals surface area contributed by atoms with Crippen LogP contribution in [0.5, 0.6) is 11.5 Å². The zero-order valence-electron chi connectivity index (χ0n) is 16.1. The van der Waals surface area contributed by atoms with Crippen LogP contribution in [0.4, 0.5) is 4.79 Å². The minimum absolute atomic E-state index is 0.110. The van der Waals surface area contributed by atoms with Crippen LogP contribution in [0.3, 0.4) is 0 Å². The van der Waals surface area contributed by atoms with E-state index in [4.69, 9.17) is 25.5 Å². The Morgan fingerprint density at radius 3 is 2.73 bits per heavy atom. The molecule has 3 rings (SSSR count). The average molecular weight is 431 g/mol. The predicted molar refractivity (Wildman–Crippen MR) is 109 cm³/mol. The molecule has 0 unspecified atom stereocenters. The number of urea groups is 1. The van der Waals surface area contributed by atoms with Crippen molar-refractivity contribution in [1.29, 1.82) is 0 Å². The summed E-state index contributed by atoms with van der Waals surface area (Å²) in [6, 6.07) is 5.56. The van der Waals surface area contributed by atoms with E-state index in [-0.39, 0.29) is 23.7 Å². The molecular formula is C21H19ClN2O6. The monoisotopic (exact) mass is 430 g/mol. The fourth-order valence-electron chi connectivity index (χ4n) is 2.78. The molecule has 1 saturated heterocycles. The average Bonchev–Trinajstić information content (AvgIpc) is 3.21. The first-order valence-corrected chi connectivity index (χ1v) is 9.43. The Balaban J connectivity index is 1.95. The van der Waals surface area contributed by atoms with Crippen LogP contribution in [0.15, 0.2) is 53.2 Å². The Morgan fingerprint density at radius 1 is 1.27 bits per heavy atom. The first-order valence-electron chi connectivity index (χ1n) is 9.05. The summed E-state index contributed by atoms with van der Waals surface area (Å²) in [4.78, 5) is 38.1. The molecule has 2 heterocycles. The fourth-order valence-corrected chi connectivity index (χ4v) is 3.05. The van der Waals surface area contributed by atoms with Gasteiger partial charge in [-0.3, -0.25) is 19.8 Å². The van der Waals surface area contributed by atoms with Crippen LogP contribution in [0, 0.1) is 0 Å². The summed E-state index contributed by atoms with van der Waals surface area (Å²) < 4.78 is 16.3. The highest BCUT2D eigenvalue weighted by molar-refractivity contribution is 6.33. The molecule has 4 amide bonds. The standard InChI is InChI=1S/C21H19ClN2O6/c1-3-7-30-18-16(22)10-13(11-17(18)28-4-2)9-15-19(25)23-21(27)24(20(15)26)12-14-6-5-8-29-14/h3,5-6,8-11H,1,4,7,12H2,2H3,(H,23,25,27). The van der Waals surface area contributed by atoms with Crippen LogP contribution >= 0.6 is 11.6 Å². The third-order valence-corrected chi connectivity index (χ3v) is 4.35. The van der Waals surface area contributed by atoms with Crippen molar-refractivity contribution in [3.8, 4) is 11.5 Å². The van der Waals surface area contributed by atoms with Gasteiger partial charge in [-0.15, -0.1) is 0 Å². The Bertz CT molecular complexity index is 1010. The highest BCUT2D eigenvalue weighted by atomic mass is 35.5. The normalized spacial score (nSPS) is 15.3. The number of ether oxygens (including phenoxy) is 2. The zero-order chi connectivity index (χ0) is 21.7. The first-order chi connectivity index (χ1) is 14.4. The molecule has 9 heteroatoms. The van der Waals surface area contributed by atoms with Crippen molar-refractivity contribution >= 4 is 35.5 Å². The van der Waals surface area contributed by atoms with Crippen LogP contribution in [0.25, 0.3) is 6.08 Å². The lowest BCUT2D eigenvalue weighted by atomic mass is 10.1. The molecule has 1 aromatic carbocycles. The quantitative estimate of drug-likeness (QED) is 0.390. The van der Waals surface area contributed by atoms with E-state index in [1.54, 1.807) is 31.2 Å². The fraction of sp³-hybridized carbons (Fsp3) is 0.190. The molecule has 0 spiro atoms. The summed E-state index contributed by atoms with van der Waals surface area (Å²) in [5.74, 6) is -0.471. The minimum Gasteiger partial charge on any atom is -0.490 e. The third kappa shape index (κ3) is 4.55. The third-order valence-electron chi connectivity index (χ3n) is 4.07. The number of nitrogens with zero attached hydrogens (tertiary/aromatic N) is 1. The van der Waals surface area contributed by atoms with Crippen LogP contribution in [0.1, 0.15) is 18.2 Å². The van der Waals surface area contributed by atoms with Gasteiger partial charge in [0.2, 0.25) is 0 Å². The Labute approximate surface area is 177 Å². The van der Waals surface area contributed by atoms with Gasteiger partial charge in [0, 0.05) is 0 Å². The second-order valence-electron chi connectivity index (χ2n) is 6.15. The first kappa shape index (κ1) is 21.2. The van der Waals surface area contributed by atoms with Gasteiger partial charge in [0.25, 0.3) is 11.8 Å². The van der Waals surface area contributed by atoms with E-state index in [0.717, 1.165) is 4.90 Å². The van der Waals surface area contributed by atoms with E-state index in [1.807, 2.05) is 0 Å². The van der Waals surface area contributed by atoms with Gasteiger partial charge in [-0.2, -0.15) is 0 Å². The molecule has 1 N–H and O–H groups in total. The SMILES string of the molecule is C=CCOc1c(Cl)cc(C=C2C(=O)NC(=O)N(Cc3ccco3)C2=O)cc1OCC. The zero-order valence-corrected chi connectivity index (χ0v) is 16.9. The Kier molecular flexibility index (Phi) is 6.58. The molecule has 156 valence electrons. The van der Waals surface area contributed by atoms with Crippen molar-refractivity contribution in [2.75, 3.05) is 13.2 Å². The van der Waals surface area contributed by atoms with E-state index in [9.17, 15) is 14.4 Å². The summed E-state index contributed by atoms with van der Waals surface area (Å²) in [6.45, 7) is 5.86. The number of benzene rings is 1. The van der Waals surface area contributed by atoms with Gasteiger partial charge in [0.05, 0.1) is 24.4 Å². The number of hydrogen-bond acceptors (Lipinski definition) is 6. The summed E-state index contributed by atoms with van der Waals surface area (Å²) in [5.41, 5.74) is 0.208. The molecule has 1 fully saturated rings. The number of carbonyl (C=O) groups is 3. The van der Waals surface area contributed by atoms with E-state index < -0.39 is 17.8 Å². The van der Waals surface area contributed by atoms with Gasteiger partial charge >= 0.3 is 6.03 Å². The molecule has 1 aliphatic rings. The van der Waals surface area contributed by atoms with E-state index in [0.29, 0.717) is 29.4 Å². The lowest BCUT2D eigenvalue weighted by molar-refractivity contribution is -0.130.